The minimum Gasteiger partial charge on any atom is -0.495 e. The van der Waals surface area contributed by atoms with Gasteiger partial charge in [-0.15, -0.1) is 0 Å². The van der Waals surface area contributed by atoms with E-state index < -0.39 is 5.60 Å². The minimum absolute atomic E-state index is 0.229. The van der Waals surface area contributed by atoms with Crippen molar-refractivity contribution in [2.75, 3.05) is 13.7 Å². The van der Waals surface area contributed by atoms with Gasteiger partial charge in [-0.25, -0.2) is 0 Å². The van der Waals surface area contributed by atoms with Gasteiger partial charge in [-0.1, -0.05) is 0 Å². The van der Waals surface area contributed by atoms with Crippen LogP contribution in [0.2, 0.25) is 0 Å². The molecule has 1 heterocycles. The summed E-state index contributed by atoms with van der Waals surface area (Å²) in [5, 5.41) is 10.4. The van der Waals surface area contributed by atoms with Crippen LogP contribution in [0.3, 0.4) is 0 Å². The summed E-state index contributed by atoms with van der Waals surface area (Å²) in [6.07, 6.45) is 5.34. The molecule has 1 aliphatic carbocycles. The minimum atomic E-state index is -0.929. The summed E-state index contributed by atoms with van der Waals surface area (Å²) in [7, 11) is 1.58. The number of ether oxygens (including phenoxy) is 1. The molecule has 0 aliphatic heterocycles. The van der Waals surface area contributed by atoms with Crippen molar-refractivity contribution >= 4 is 0 Å². The molecule has 1 unspecified atom stereocenters. The number of pyridine rings is 1. The Kier molecular flexibility index (Phi) is 2.63. The maximum Gasteiger partial charge on any atom is 0.137 e. The fourth-order valence-electron chi connectivity index (χ4n) is 1.85. The average molecular weight is 208 g/mol. The van der Waals surface area contributed by atoms with Gasteiger partial charge in [0.15, 0.2) is 0 Å². The molecule has 1 fully saturated rings. The van der Waals surface area contributed by atoms with Gasteiger partial charge < -0.3 is 15.6 Å². The molecule has 0 bridgehead atoms. The molecule has 0 spiro atoms. The van der Waals surface area contributed by atoms with Crippen LogP contribution in [0.5, 0.6) is 5.75 Å². The van der Waals surface area contributed by atoms with E-state index in [0.29, 0.717) is 5.75 Å². The molecule has 1 atom stereocenters. The van der Waals surface area contributed by atoms with Crippen LogP contribution in [-0.4, -0.2) is 23.7 Å². The Labute approximate surface area is 89.1 Å². The number of nitrogens with two attached hydrogens (primary N) is 1. The van der Waals surface area contributed by atoms with Gasteiger partial charge >= 0.3 is 0 Å². The second-order valence-electron chi connectivity index (χ2n) is 4.02. The highest BCUT2D eigenvalue weighted by molar-refractivity contribution is 5.30. The Morgan fingerprint density at radius 1 is 1.60 bits per heavy atom. The third-order valence-electron chi connectivity index (χ3n) is 3.01. The van der Waals surface area contributed by atoms with E-state index in [1.54, 1.807) is 25.6 Å². The molecule has 0 radical (unpaired) electrons. The summed E-state index contributed by atoms with van der Waals surface area (Å²) >= 11 is 0. The molecule has 1 aliphatic rings. The summed E-state index contributed by atoms with van der Waals surface area (Å²) in [5.74, 6) is 0.927. The van der Waals surface area contributed by atoms with Crippen molar-refractivity contribution in [3.8, 4) is 5.75 Å². The summed E-state index contributed by atoms with van der Waals surface area (Å²) in [5.41, 5.74) is 5.48. The number of aromatic nitrogens is 1. The molecule has 4 heteroatoms. The topological polar surface area (TPSA) is 68.4 Å². The van der Waals surface area contributed by atoms with Crippen LogP contribution >= 0.6 is 0 Å². The monoisotopic (exact) mass is 208 g/mol. The zero-order valence-electron chi connectivity index (χ0n) is 8.81. The number of hydrogen-bond acceptors (Lipinski definition) is 4. The molecule has 1 saturated carbocycles. The Balaban J connectivity index is 2.33. The normalized spacial score (nSPS) is 19.7. The van der Waals surface area contributed by atoms with Gasteiger partial charge in [0.2, 0.25) is 0 Å². The molecule has 15 heavy (non-hydrogen) atoms. The molecule has 3 N–H and O–H groups in total. The van der Waals surface area contributed by atoms with E-state index in [-0.39, 0.29) is 12.5 Å². The molecule has 1 aromatic rings. The van der Waals surface area contributed by atoms with Gasteiger partial charge in [0.05, 0.1) is 13.3 Å². The fourth-order valence-corrected chi connectivity index (χ4v) is 1.85. The lowest BCUT2D eigenvalue weighted by molar-refractivity contribution is 0.0217. The van der Waals surface area contributed by atoms with Crippen LogP contribution in [0.4, 0.5) is 0 Å². The third-order valence-corrected chi connectivity index (χ3v) is 3.01. The first-order chi connectivity index (χ1) is 7.20. The Hall–Kier alpha value is -1.13. The van der Waals surface area contributed by atoms with Crippen LogP contribution in [-0.2, 0) is 5.60 Å². The van der Waals surface area contributed by atoms with Gasteiger partial charge in [-0.2, -0.15) is 0 Å². The highest BCUT2D eigenvalue weighted by atomic mass is 16.5. The summed E-state index contributed by atoms with van der Waals surface area (Å²) in [6.45, 7) is 0.229. The van der Waals surface area contributed by atoms with E-state index >= 15 is 0 Å². The smallest absolute Gasteiger partial charge is 0.137 e. The lowest BCUT2D eigenvalue weighted by Crippen LogP contribution is -2.37. The van der Waals surface area contributed by atoms with Crippen molar-refractivity contribution in [1.82, 2.24) is 4.98 Å². The second-order valence-corrected chi connectivity index (χ2v) is 4.02. The molecule has 0 saturated heterocycles. The van der Waals surface area contributed by atoms with Gasteiger partial charge in [-0.05, 0) is 24.8 Å². The Morgan fingerprint density at radius 2 is 2.33 bits per heavy atom. The zero-order valence-corrected chi connectivity index (χ0v) is 8.81. The Bertz CT molecular complexity index is 352. The standard InChI is InChI=1S/C11H16N2O2/c1-15-10-4-9(5-13-6-10)11(14,7-12)8-2-3-8/h4-6,8,14H,2-3,7,12H2,1H3. The predicted octanol–water partition coefficient (Wildman–Crippen LogP) is 0.646. The zero-order chi connectivity index (χ0) is 10.9. The molecule has 2 rings (SSSR count). The van der Waals surface area contributed by atoms with Gasteiger partial charge in [0.1, 0.15) is 11.4 Å². The van der Waals surface area contributed by atoms with E-state index in [9.17, 15) is 5.11 Å². The van der Waals surface area contributed by atoms with E-state index in [0.717, 1.165) is 18.4 Å². The van der Waals surface area contributed by atoms with E-state index in [2.05, 4.69) is 4.98 Å². The van der Waals surface area contributed by atoms with Crippen molar-refractivity contribution in [2.45, 2.75) is 18.4 Å². The van der Waals surface area contributed by atoms with Gasteiger partial charge in [0.25, 0.3) is 0 Å². The largest absolute Gasteiger partial charge is 0.495 e. The van der Waals surface area contributed by atoms with Crippen molar-refractivity contribution in [2.24, 2.45) is 11.7 Å². The third kappa shape index (κ3) is 1.82. The van der Waals surface area contributed by atoms with Crippen LogP contribution in [0.25, 0.3) is 0 Å². The molecule has 0 aromatic carbocycles. The first-order valence-corrected chi connectivity index (χ1v) is 5.12. The predicted molar refractivity (Wildman–Crippen MR) is 56.5 cm³/mol. The maximum absolute atomic E-state index is 10.4. The molecule has 4 nitrogen and oxygen atoms in total. The first kappa shape index (κ1) is 10.4. The quantitative estimate of drug-likeness (QED) is 0.762. The summed E-state index contributed by atoms with van der Waals surface area (Å²) in [6, 6.07) is 1.80. The van der Waals surface area contributed by atoms with Crippen molar-refractivity contribution < 1.29 is 9.84 Å². The maximum atomic E-state index is 10.4. The molecular formula is C11H16N2O2. The molecule has 0 amide bonds. The first-order valence-electron chi connectivity index (χ1n) is 5.12. The van der Waals surface area contributed by atoms with Crippen LogP contribution in [0.1, 0.15) is 18.4 Å². The summed E-state index contributed by atoms with van der Waals surface area (Å²) < 4.78 is 5.08. The lowest BCUT2D eigenvalue weighted by atomic mass is 9.90. The number of nitrogens with zero attached hydrogens (tertiary/aromatic N) is 1. The highest BCUT2D eigenvalue weighted by Crippen LogP contribution is 2.45. The van der Waals surface area contributed by atoms with Crippen LogP contribution in [0, 0.1) is 5.92 Å². The van der Waals surface area contributed by atoms with Gasteiger partial charge in [0, 0.05) is 18.3 Å². The number of hydrogen-bond donors (Lipinski definition) is 2. The van der Waals surface area contributed by atoms with Crippen molar-refractivity contribution in [1.29, 1.82) is 0 Å². The lowest BCUT2D eigenvalue weighted by Gasteiger charge is -2.26. The van der Waals surface area contributed by atoms with E-state index in [1.165, 1.54) is 0 Å². The number of aliphatic hydroxyl groups is 1. The molecule has 1 aromatic heterocycles. The molecule has 82 valence electrons. The highest BCUT2D eigenvalue weighted by Gasteiger charge is 2.44. The van der Waals surface area contributed by atoms with E-state index in [1.807, 2.05) is 0 Å². The van der Waals surface area contributed by atoms with E-state index in [4.69, 9.17) is 10.5 Å². The van der Waals surface area contributed by atoms with Crippen LogP contribution < -0.4 is 10.5 Å². The summed E-state index contributed by atoms with van der Waals surface area (Å²) in [4.78, 5) is 4.04. The molecular weight excluding hydrogens is 192 g/mol. The SMILES string of the molecule is COc1cncc(C(O)(CN)C2CC2)c1. The number of methoxy groups -OCH3 is 1. The second kappa shape index (κ2) is 3.79. The van der Waals surface area contributed by atoms with Gasteiger partial charge in [-0.3, -0.25) is 4.98 Å². The van der Waals surface area contributed by atoms with Crippen LogP contribution in [0.15, 0.2) is 18.5 Å². The van der Waals surface area contributed by atoms with Crippen molar-refractivity contribution in [3.05, 3.63) is 24.0 Å². The van der Waals surface area contributed by atoms with Crippen molar-refractivity contribution in [3.63, 3.8) is 0 Å². The average Bonchev–Trinajstić information content (AvgIpc) is 3.12. The Morgan fingerprint density at radius 3 is 2.87 bits per heavy atom. The fraction of sp³-hybridized carbons (Fsp3) is 0.545. The number of rotatable bonds is 4.